The van der Waals surface area contributed by atoms with Crippen LogP contribution in [0, 0.1) is 6.92 Å². The largest absolute Gasteiger partial charge is 0.465 e. The highest BCUT2D eigenvalue weighted by Gasteiger charge is 2.21. The van der Waals surface area contributed by atoms with Gasteiger partial charge in [-0.15, -0.1) is 0 Å². The summed E-state index contributed by atoms with van der Waals surface area (Å²) in [5.41, 5.74) is 7.41. The van der Waals surface area contributed by atoms with E-state index in [0.29, 0.717) is 23.4 Å². The molecule has 0 aliphatic carbocycles. The number of halogens is 1. The van der Waals surface area contributed by atoms with Gasteiger partial charge in [-0.25, -0.2) is 14.8 Å². The van der Waals surface area contributed by atoms with Crippen molar-refractivity contribution in [1.29, 1.82) is 0 Å². The zero-order valence-corrected chi connectivity index (χ0v) is 23.3. The number of imidazole rings is 1. The number of hydrogen-bond acceptors (Lipinski definition) is 6. The normalized spacial score (nSPS) is 11.4. The smallest absolute Gasteiger partial charge is 0.338 e. The van der Waals surface area contributed by atoms with Gasteiger partial charge in [-0.05, 0) is 64.8 Å². The second-order valence-electron chi connectivity index (χ2n) is 9.26. The van der Waals surface area contributed by atoms with Crippen LogP contribution in [-0.4, -0.2) is 32.6 Å². The number of rotatable bonds is 6. The van der Waals surface area contributed by atoms with Crippen molar-refractivity contribution in [3.8, 4) is 22.6 Å². The molecule has 0 aliphatic heterocycles. The van der Waals surface area contributed by atoms with Crippen LogP contribution in [0.3, 0.4) is 0 Å². The van der Waals surface area contributed by atoms with Crippen molar-refractivity contribution in [3.63, 3.8) is 0 Å². The molecule has 0 atom stereocenters. The standard InChI is InChI=1S/C31H25BrN4O3/c1-4-27-35-25-16-22(24-11-7-8-14-33-24)18(2)34-30(25)36(27)17-19-12-13-26-23(15-19)28(32)29(39-26)20-9-5-6-10-21(20)31(37)38-3/h5-16H,4,17H2,1-3H3. The van der Waals surface area contributed by atoms with Crippen molar-refractivity contribution in [1.82, 2.24) is 19.5 Å². The number of aromatic nitrogens is 4. The van der Waals surface area contributed by atoms with Crippen LogP contribution in [-0.2, 0) is 17.7 Å². The van der Waals surface area contributed by atoms with Gasteiger partial charge in [-0.3, -0.25) is 4.98 Å². The van der Waals surface area contributed by atoms with E-state index in [-0.39, 0.29) is 0 Å². The maximum absolute atomic E-state index is 12.4. The first kappa shape index (κ1) is 25.0. The molecule has 8 heteroatoms. The predicted molar refractivity (Wildman–Crippen MR) is 155 cm³/mol. The van der Waals surface area contributed by atoms with Crippen molar-refractivity contribution >= 4 is 44.0 Å². The fourth-order valence-electron chi connectivity index (χ4n) is 4.94. The van der Waals surface area contributed by atoms with E-state index in [1.165, 1.54) is 7.11 Å². The van der Waals surface area contributed by atoms with E-state index >= 15 is 0 Å². The number of pyridine rings is 2. The number of aryl methyl sites for hydroxylation is 2. The number of ether oxygens (including phenoxy) is 1. The highest BCUT2D eigenvalue weighted by molar-refractivity contribution is 9.10. The van der Waals surface area contributed by atoms with Crippen LogP contribution in [0.25, 0.3) is 44.7 Å². The van der Waals surface area contributed by atoms with Crippen molar-refractivity contribution < 1.29 is 13.9 Å². The Morgan fingerprint density at radius 1 is 1.03 bits per heavy atom. The van der Waals surface area contributed by atoms with E-state index in [4.69, 9.17) is 19.1 Å². The molecule has 7 nitrogen and oxygen atoms in total. The first-order valence-corrected chi connectivity index (χ1v) is 13.4. The molecule has 0 bridgehead atoms. The van der Waals surface area contributed by atoms with Crippen molar-refractivity contribution in [2.45, 2.75) is 26.8 Å². The molecule has 0 radical (unpaired) electrons. The molecule has 0 fully saturated rings. The Labute approximate surface area is 233 Å². The van der Waals surface area contributed by atoms with E-state index in [0.717, 1.165) is 61.4 Å². The molecule has 0 saturated heterocycles. The molecule has 4 heterocycles. The first-order chi connectivity index (χ1) is 19.0. The fraction of sp³-hybridized carbons (Fsp3) is 0.161. The summed E-state index contributed by atoms with van der Waals surface area (Å²) in [5, 5.41) is 0.922. The van der Waals surface area contributed by atoms with Gasteiger partial charge in [0.25, 0.3) is 0 Å². The average molecular weight is 581 g/mol. The molecule has 194 valence electrons. The lowest BCUT2D eigenvalue weighted by atomic mass is 10.0. The van der Waals surface area contributed by atoms with Crippen LogP contribution in [0.2, 0.25) is 0 Å². The maximum Gasteiger partial charge on any atom is 0.338 e. The summed E-state index contributed by atoms with van der Waals surface area (Å²) >= 11 is 3.73. The number of carbonyl (C=O) groups excluding carboxylic acids is 1. The predicted octanol–water partition coefficient (Wildman–Crippen LogP) is 7.37. The summed E-state index contributed by atoms with van der Waals surface area (Å²) in [6.45, 7) is 4.72. The minimum atomic E-state index is -0.410. The minimum absolute atomic E-state index is 0.410. The van der Waals surface area contributed by atoms with E-state index in [1.54, 1.807) is 18.3 Å². The Bertz CT molecular complexity index is 1860. The van der Waals surface area contributed by atoms with E-state index in [1.807, 2.05) is 43.3 Å². The van der Waals surface area contributed by atoms with Crippen molar-refractivity contribution in [2.24, 2.45) is 0 Å². The third-order valence-electron chi connectivity index (χ3n) is 6.86. The number of fused-ring (bicyclic) bond motifs is 2. The second kappa shape index (κ2) is 10.1. The van der Waals surface area contributed by atoms with Gasteiger partial charge in [0.2, 0.25) is 0 Å². The molecule has 0 unspecified atom stereocenters. The lowest BCUT2D eigenvalue weighted by Crippen LogP contribution is -2.05. The summed E-state index contributed by atoms with van der Waals surface area (Å²) in [5.74, 6) is 1.14. The Kier molecular flexibility index (Phi) is 6.48. The van der Waals surface area contributed by atoms with Crippen molar-refractivity contribution in [3.05, 3.63) is 100 Å². The average Bonchev–Trinajstić information content (AvgIpc) is 3.48. The van der Waals surface area contributed by atoms with Crippen LogP contribution in [0.4, 0.5) is 0 Å². The van der Waals surface area contributed by atoms with Gasteiger partial charge in [0.1, 0.15) is 22.7 Å². The molecule has 0 spiro atoms. The number of benzene rings is 2. The quantitative estimate of drug-likeness (QED) is 0.191. The van der Waals surface area contributed by atoms with Crippen LogP contribution in [0.15, 0.2) is 81.8 Å². The first-order valence-electron chi connectivity index (χ1n) is 12.6. The summed E-state index contributed by atoms with van der Waals surface area (Å²) < 4.78 is 14.1. The SMILES string of the molecule is CCc1nc2cc(-c3ccccn3)c(C)nc2n1Cc1ccc2oc(-c3ccccc3C(=O)OC)c(Br)c2c1. The Hall–Kier alpha value is -4.30. The van der Waals surface area contributed by atoms with Crippen LogP contribution < -0.4 is 0 Å². The monoisotopic (exact) mass is 580 g/mol. The molecule has 6 aromatic rings. The van der Waals surface area contributed by atoms with Gasteiger partial charge >= 0.3 is 5.97 Å². The number of carbonyl (C=O) groups is 1. The zero-order valence-electron chi connectivity index (χ0n) is 21.7. The summed E-state index contributed by atoms with van der Waals surface area (Å²) in [6, 6.07) is 21.3. The molecule has 0 saturated carbocycles. The van der Waals surface area contributed by atoms with Crippen molar-refractivity contribution in [2.75, 3.05) is 7.11 Å². The topological polar surface area (TPSA) is 83.0 Å². The Morgan fingerprint density at radius 2 is 1.85 bits per heavy atom. The van der Waals surface area contributed by atoms with Gasteiger partial charge in [0.05, 0.1) is 29.4 Å². The molecular weight excluding hydrogens is 556 g/mol. The molecular formula is C31H25BrN4O3. The molecule has 0 amide bonds. The van der Waals surface area contributed by atoms with Crippen LogP contribution in [0.5, 0.6) is 0 Å². The van der Waals surface area contributed by atoms with E-state index in [9.17, 15) is 4.79 Å². The third kappa shape index (κ3) is 4.40. The third-order valence-corrected chi connectivity index (χ3v) is 7.64. The number of nitrogens with zero attached hydrogens (tertiary/aromatic N) is 4. The zero-order chi connectivity index (χ0) is 27.1. The van der Waals surface area contributed by atoms with Gasteiger partial charge < -0.3 is 13.7 Å². The summed E-state index contributed by atoms with van der Waals surface area (Å²) in [4.78, 5) is 26.7. The fourth-order valence-corrected chi connectivity index (χ4v) is 5.54. The number of esters is 1. The second-order valence-corrected chi connectivity index (χ2v) is 10.1. The lowest BCUT2D eigenvalue weighted by molar-refractivity contribution is 0.0601. The number of furan rings is 1. The highest BCUT2D eigenvalue weighted by atomic mass is 79.9. The van der Waals surface area contributed by atoms with Crippen LogP contribution in [0.1, 0.15) is 34.4 Å². The van der Waals surface area contributed by atoms with Gasteiger partial charge in [0.15, 0.2) is 5.65 Å². The Balaban J connectivity index is 1.41. The van der Waals surface area contributed by atoms with E-state index < -0.39 is 5.97 Å². The molecule has 0 aliphatic rings. The van der Waals surface area contributed by atoms with Gasteiger partial charge in [0, 0.05) is 34.8 Å². The number of methoxy groups -OCH3 is 1. The van der Waals surface area contributed by atoms with E-state index in [2.05, 4.69) is 50.6 Å². The van der Waals surface area contributed by atoms with Gasteiger partial charge in [-0.1, -0.05) is 37.3 Å². The molecule has 2 aromatic carbocycles. The van der Waals surface area contributed by atoms with Crippen LogP contribution >= 0.6 is 15.9 Å². The summed E-state index contributed by atoms with van der Waals surface area (Å²) in [7, 11) is 1.37. The highest BCUT2D eigenvalue weighted by Crippen LogP contribution is 2.40. The molecule has 39 heavy (non-hydrogen) atoms. The van der Waals surface area contributed by atoms with Gasteiger partial charge in [-0.2, -0.15) is 0 Å². The molecule has 4 aromatic heterocycles. The number of hydrogen-bond donors (Lipinski definition) is 0. The lowest BCUT2D eigenvalue weighted by Gasteiger charge is -2.09. The minimum Gasteiger partial charge on any atom is -0.465 e. The Morgan fingerprint density at radius 3 is 2.62 bits per heavy atom. The molecule has 0 N–H and O–H groups in total. The molecule has 6 rings (SSSR count). The maximum atomic E-state index is 12.4. The summed E-state index contributed by atoms with van der Waals surface area (Å²) in [6.07, 6.45) is 2.57.